The molecule has 0 aromatic heterocycles. The first-order chi connectivity index (χ1) is 7.70. The van der Waals surface area contributed by atoms with Gasteiger partial charge in [0.15, 0.2) is 5.66 Å². The summed E-state index contributed by atoms with van der Waals surface area (Å²) in [4.78, 5) is 9.87. The number of nitrogens with zero attached hydrogens (tertiary/aromatic N) is 2. The van der Waals surface area contributed by atoms with Crippen molar-refractivity contribution in [3.8, 4) is 0 Å². The molecule has 0 N–H and O–H groups in total. The Labute approximate surface area is 96.1 Å². The second-order valence-corrected chi connectivity index (χ2v) is 5.16. The van der Waals surface area contributed by atoms with Gasteiger partial charge in [-0.15, -0.1) is 0 Å². The van der Waals surface area contributed by atoms with E-state index in [0.29, 0.717) is 0 Å². The van der Waals surface area contributed by atoms with Crippen LogP contribution in [0.15, 0.2) is 22.1 Å². The van der Waals surface area contributed by atoms with Crippen LogP contribution in [0.4, 0.5) is 0 Å². The molecule has 0 bridgehead atoms. The summed E-state index contributed by atoms with van der Waals surface area (Å²) in [6.45, 7) is 4.28. The molecule has 2 nitrogen and oxygen atoms in total. The summed E-state index contributed by atoms with van der Waals surface area (Å²) >= 11 is 0. The van der Waals surface area contributed by atoms with Crippen LogP contribution in [0.1, 0.15) is 43.2 Å². The van der Waals surface area contributed by atoms with Crippen LogP contribution in [0.3, 0.4) is 0 Å². The van der Waals surface area contributed by atoms with Crippen LogP contribution in [-0.2, 0) is 0 Å². The lowest BCUT2D eigenvalue weighted by Crippen LogP contribution is -2.26. The molecule has 0 unspecified atom stereocenters. The van der Waals surface area contributed by atoms with Crippen LogP contribution < -0.4 is 10.7 Å². The molecule has 16 heavy (non-hydrogen) atoms. The highest BCUT2D eigenvalue weighted by Gasteiger charge is 2.33. The first-order valence-electron chi connectivity index (χ1n) is 6.26. The molecule has 1 aromatic rings. The summed E-state index contributed by atoms with van der Waals surface area (Å²) in [6, 6.07) is 4.32. The van der Waals surface area contributed by atoms with Crippen molar-refractivity contribution in [2.45, 2.75) is 51.6 Å². The van der Waals surface area contributed by atoms with Gasteiger partial charge in [0.05, 0.1) is 10.7 Å². The van der Waals surface area contributed by atoms with E-state index in [-0.39, 0.29) is 5.66 Å². The molecule has 0 atom stereocenters. The zero-order chi connectivity index (χ0) is 11.2. The van der Waals surface area contributed by atoms with E-state index >= 15 is 0 Å². The molecule has 2 heteroatoms. The molecule has 1 heterocycles. The first-order valence-corrected chi connectivity index (χ1v) is 6.26. The molecule has 0 saturated heterocycles. The van der Waals surface area contributed by atoms with Gasteiger partial charge in [0.1, 0.15) is 0 Å². The average molecular weight is 214 g/mol. The van der Waals surface area contributed by atoms with E-state index in [0.717, 1.165) is 23.6 Å². The Kier molecular flexibility index (Phi) is 2.13. The highest BCUT2D eigenvalue weighted by Crippen LogP contribution is 2.33. The summed E-state index contributed by atoms with van der Waals surface area (Å²) in [6.07, 6.45) is 6.18. The molecule has 84 valence electrons. The van der Waals surface area contributed by atoms with Crippen molar-refractivity contribution in [3.05, 3.63) is 34.0 Å². The number of fused-ring (bicyclic) bond motifs is 1. The molecule has 1 aromatic carbocycles. The standard InChI is InChI=1S/C14H18N2/c1-10-6-7-11(2)13-12(10)15-14(16-13)8-4-3-5-9-14/h6-7H,3-5,8-9H2,1-2H3. The van der Waals surface area contributed by atoms with Gasteiger partial charge in [-0.3, -0.25) is 9.98 Å². The molecule has 0 amide bonds. The van der Waals surface area contributed by atoms with Crippen LogP contribution in [0.5, 0.6) is 0 Å². The number of hydrogen-bond donors (Lipinski definition) is 0. The van der Waals surface area contributed by atoms with Crippen LogP contribution in [0, 0.1) is 13.8 Å². The van der Waals surface area contributed by atoms with Gasteiger partial charge in [0.25, 0.3) is 0 Å². The van der Waals surface area contributed by atoms with Gasteiger partial charge in [-0.1, -0.05) is 18.6 Å². The van der Waals surface area contributed by atoms with Gasteiger partial charge >= 0.3 is 0 Å². The minimum atomic E-state index is -0.0859. The van der Waals surface area contributed by atoms with E-state index in [9.17, 15) is 0 Å². The van der Waals surface area contributed by atoms with E-state index in [1.54, 1.807) is 0 Å². The van der Waals surface area contributed by atoms with Crippen molar-refractivity contribution in [2.75, 3.05) is 0 Å². The van der Waals surface area contributed by atoms with Crippen molar-refractivity contribution >= 4 is 0 Å². The highest BCUT2D eigenvalue weighted by atomic mass is 15.1. The summed E-state index contributed by atoms with van der Waals surface area (Å²) < 4.78 is 0. The number of benzene rings is 1. The Morgan fingerprint density at radius 1 is 0.875 bits per heavy atom. The number of hydrogen-bond acceptors (Lipinski definition) is 2. The van der Waals surface area contributed by atoms with Crippen molar-refractivity contribution in [1.29, 1.82) is 0 Å². The molecule has 1 saturated carbocycles. The summed E-state index contributed by atoms with van der Waals surface area (Å²) in [5, 5.41) is 2.31. The molecule has 2 aliphatic rings. The van der Waals surface area contributed by atoms with Crippen molar-refractivity contribution in [3.63, 3.8) is 0 Å². The molecule has 1 fully saturated rings. The van der Waals surface area contributed by atoms with Gasteiger partial charge in [0, 0.05) is 0 Å². The zero-order valence-corrected chi connectivity index (χ0v) is 10.1. The Bertz CT molecular complexity index is 494. The lowest BCUT2D eigenvalue weighted by atomic mass is 9.90. The monoisotopic (exact) mass is 214 g/mol. The molecule has 1 spiro atoms. The van der Waals surface area contributed by atoms with Gasteiger partial charge in [-0.25, -0.2) is 0 Å². The van der Waals surface area contributed by atoms with E-state index < -0.39 is 0 Å². The van der Waals surface area contributed by atoms with E-state index in [1.807, 2.05) is 0 Å². The van der Waals surface area contributed by atoms with Gasteiger partial charge in [0.2, 0.25) is 0 Å². The third kappa shape index (κ3) is 1.40. The SMILES string of the molecule is Cc1ccc(C)c2c1=NC1(CCCCC1)N=2. The third-order valence-electron chi connectivity index (χ3n) is 3.85. The Morgan fingerprint density at radius 2 is 1.38 bits per heavy atom. The number of rotatable bonds is 0. The molecule has 1 aliphatic carbocycles. The van der Waals surface area contributed by atoms with Crippen LogP contribution in [0.25, 0.3) is 0 Å². The first kappa shape index (κ1) is 10.0. The van der Waals surface area contributed by atoms with Crippen LogP contribution in [-0.4, -0.2) is 5.66 Å². The Morgan fingerprint density at radius 3 is 1.88 bits per heavy atom. The van der Waals surface area contributed by atoms with Crippen molar-refractivity contribution in [1.82, 2.24) is 0 Å². The minimum Gasteiger partial charge on any atom is -0.253 e. The third-order valence-corrected chi connectivity index (χ3v) is 3.85. The molecular formula is C14H18N2. The summed E-state index contributed by atoms with van der Waals surface area (Å²) in [7, 11) is 0. The highest BCUT2D eigenvalue weighted by molar-refractivity contribution is 5.23. The summed E-state index contributed by atoms with van der Waals surface area (Å²) in [5.41, 5.74) is 2.45. The van der Waals surface area contributed by atoms with Crippen molar-refractivity contribution < 1.29 is 0 Å². The summed E-state index contributed by atoms with van der Waals surface area (Å²) in [5.74, 6) is 0. The lowest BCUT2D eigenvalue weighted by Gasteiger charge is -2.27. The smallest absolute Gasteiger partial charge is 0.151 e. The quantitative estimate of drug-likeness (QED) is 0.632. The second kappa shape index (κ2) is 3.41. The predicted octanol–water partition coefficient (Wildman–Crippen LogP) is 2.22. The van der Waals surface area contributed by atoms with Crippen LogP contribution >= 0.6 is 0 Å². The van der Waals surface area contributed by atoms with Gasteiger partial charge in [-0.2, -0.15) is 0 Å². The maximum atomic E-state index is 4.94. The zero-order valence-electron chi connectivity index (χ0n) is 10.1. The minimum absolute atomic E-state index is 0.0859. The maximum absolute atomic E-state index is 4.94. The Hall–Kier alpha value is -1.18. The normalized spacial score (nSPS) is 21.4. The van der Waals surface area contributed by atoms with E-state index in [4.69, 9.17) is 9.98 Å². The lowest BCUT2D eigenvalue weighted by molar-refractivity contribution is 0.308. The predicted molar refractivity (Wildman–Crippen MR) is 64.0 cm³/mol. The second-order valence-electron chi connectivity index (χ2n) is 5.16. The molecule has 1 aliphatic heterocycles. The fourth-order valence-corrected chi connectivity index (χ4v) is 2.85. The number of aryl methyl sites for hydroxylation is 2. The molecule has 0 radical (unpaired) electrons. The Balaban J connectivity index is 2.21. The largest absolute Gasteiger partial charge is 0.253 e. The fourth-order valence-electron chi connectivity index (χ4n) is 2.85. The van der Waals surface area contributed by atoms with Gasteiger partial charge in [-0.05, 0) is 50.7 Å². The molecular weight excluding hydrogens is 196 g/mol. The van der Waals surface area contributed by atoms with Crippen molar-refractivity contribution in [2.24, 2.45) is 9.98 Å². The van der Waals surface area contributed by atoms with E-state index in [1.165, 1.54) is 30.4 Å². The van der Waals surface area contributed by atoms with E-state index in [2.05, 4.69) is 26.0 Å². The maximum Gasteiger partial charge on any atom is 0.151 e. The fraction of sp³-hybridized carbons (Fsp3) is 0.571. The topological polar surface area (TPSA) is 24.7 Å². The molecule has 3 rings (SSSR count). The average Bonchev–Trinajstić information content (AvgIpc) is 2.65. The van der Waals surface area contributed by atoms with Crippen LogP contribution in [0.2, 0.25) is 0 Å². The van der Waals surface area contributed by atoms with Gasteiger partial charge < -0.3 is 0 Å².